The molecule has 0 fully saturated rings. The van der Waals surface area contributed by atoms with Crippen molar-refractivity contribution < 1.29 is 74.2 Å². The van der Waals surface area contributed by atoms with Crippen molar-refractivity contribution in [3.05, 3.63) is 48.0 Å². The molecule has 7 heteroatoms. The van der Waals surface area contributed by atoms with Crippen molar-refractivity contribution in [2.24, 2.45) is 0 Å². The Kier molecular flexibility index (Phi) is 10.4. The molecule has 1 N–H and O–H groups in total. The van der Waals surface area contributed by atoms with E-state index in [4.69, 9.17) is 9.29 Å². The smallest absolute Gasteiger partial charge is 0.869 e. The van der Waals surface area contributed by atoms with Crippen LogP contribution in [-0.4, -0.2) is 13.0 Å². The Bertz CT molecular complexity index is 805. The van der Waals surface area contributed by atoms with Crippen LogP contribution < -0.4 is 61.2 Å². The summed E-state index contributed by atoms with van der Waals surface area (Å²) in [5.74, 6) is -0.432. The SMILES string of the molecule is CCCCCCCc1ccccc1Oc1cccc(S(=O)(=O)O)c1[O-].[K+]. The third-order valence-corrected chi connectivity index (χ3v) is 4.84. The molecule has 0 spiro atoms. The monoisotopic (exact) mass is 402 g/mol. The van der Waals surface area contributed by atoms with Crippen LogP contribution in [0.4, 0.5) is 0 Å². The molecule has 0 aliphatic heterocycles. The second-order valence-corrected chi connectivity index (χ2v) is 7.32. The third kappa shape index (κ3) is 6.96. The van der Waals surface area contributed by atoms with Gasteiger partial charge in [-0.2, -0.15) is 8.42 Å². The molecule has 0 aliphatic carbocycles. The largest absolute Gasteiger partial charge is 1.00 e. The van der Waals surface area contributed by atoms with Crippen LogP contribution in [0.5, 0.6) is 17.2 Å². The molecule has 2 aromatic carbocycles. The molecule has 0 saturated carbocycles. The minimum absolute atomic E-state index is 0. The Morgan fingerprint density at radius 2 is 1.62 bits per heavy atom. The van der Waals surface area contributed by atoms with E-state index in [0.29, 0.717) is 5.75 Å². The van der Waals surface area contributed by atoms with E-state index in [-0.39, 0.29) is 57.1 Å². The molecule has 5 nitrogen and oxygen atoms in total. The molecule has 0 atom stereocenters. The summed E-state index contributed by atoms with van der Waals surface area (Å²) in [5, 5.41) is 12.2. The summed E-state index contributed by atoms with van der Waals surface area (Å²) in [6.07, 6.45) is 6.59. The fourth-order valence-corrected chi connectivity index (χ4v) is 3.21. The molecule has 0 heterocycles. The Morgan fingerprint density at radius 1 is 0.962 bits per heavy atom. The third-order valence-electron chi connectivity index (χ3n) is 3.96. The summed E-state index contributed by atoms with van der Waals surface area (Å²) < 4.78 is 37.3. The summed E-state index contributed by atoms with van der Waals surface area (Å²) in [4.78, 5) is -0.679. The van der Waals surface area contributed by atoms with E-state index in [9.17, 15) is 13.5 Å². The van der Waals surface area contributed by atoms with Gasteiger partial charge in [0.25, 0.3) is 10.1 Å². The van der Waals surface area contributed by atoms with Gasteiger partial charge < -0.3 is 9.84 Å². The molecule has 0 aliphatic rings. The normalized spacial score (nSPS) is 11.0. The van der Waals surface area contributed by atoms with Crippen LogP contribution in [0, 0.1) is 0 Å². The molecular formula is C19H23KO5S. The second-order valence-electron chi connectivity index (χ2n) is 5.93. The van der Waals surface area contributed by atoms with Crippen LogP contribution in [0.2, 0.25) is 0 Å². The van der Waals surface area contributed by atoms with E-state index in [1.54, 1.807) is 12.1 Å². The molecule has 0 aromatic heterocycles. The summed E-state index contributed by atoms with van der Waals surface area (Å²) in [5.41, 5.74) is 0.968. The summed E-state index contributed by atoms with van der Waals surface area (Å²) in [7, 11) is -4.57. The van der Waals surface area contributed by atoms with Gasteiger partial charge in [0.05, 0.1) is 4.90 Å². The van der Waals surface area contributed by atoms with Crippen molar-refractivity contribution in [3.63, 3.8) is 0 Å². The van der Waals surface area contributed by atoms with Gasteiger partial charge in [-0.25, -0.2) is 0 Å². The van der Waals surface area contributed by atoms with Crippen molar-refractivity contribution in [3.8, 4) is 17.2 Å². The maximum absolute atomic E-state index is 12.2. The molecule has 0 bridgehead atoms. The first-order valence-electron chi connectivity index (χ1n) is 8.46. The van der Waals surface area contributed by atoms with Gasteiger partial charge in [0.1, 0.15) is 11.5 Å². The van der Waals surface area contributed by atoms with E-state index < -0.39 is 20.8 Å². The average molecular weight is 403 g/mol. The second kappa shape index (κ2) is 11.4. The predicted molar refractivity (Wildman–Crippen MR) is 94.7 cm³/mol. The number of aryl methyl sites for hydroxylation is 1. The van der Waals surface area contributed by atoms with Gasteiger partial charge in [-0.05, 0) is 42.4 Å². The fourth-order valence-electron chi connectivity index (χ4n) is 2.63. The van der Waals surface area contributed by atoms with Gasteiger partial charge >= 0.3 is 51.4 Å². The summed E-state index contributed by atoms with van der Waals surface area (Å²) in [6.45, 7) is 2.17. The number of para-hydroxylation sites is 2. The van der Waals surface area contributed by atoms with Crippen LogP contribution in [0.15, 0.2) is 47.4 Å². The minimum atomic E-state index is -4.57. The maximum atomic E-state index is 12.2. The molecule has 0 radical (unpaired) electrons. The zero-order valence-electron chi connectivity index (χ0n) is 15.3. The number of unbranched alkanes of at least 4 members (excludes halogenated alkanes) is 4. The zero-order chi connectivity index (χ0) is 18.3. The number of ether oxygens (including phenoxy) is 1. The molecule has 0 amide bonds. The van der Waals surface area contributed by atoms with Crippen LogP contribution in [-0.2, 0) is 16.5 Å². The molecule has 2 rings (SSSR count). The summed E-state index contributed by atoms with van der Waals surface area (Å²) in [6, 6.07) is 11.2. The fraction of sp³-hybridized carbons (Fsp3) is 0.368. The predicted octanol–water partition coefficient (Wildman–Crippen LogP) is 1.32. The average Bonchev–Trinajstić information content (AvgIpc) is 2.57. The molecule has 0 unspecified atom stereocenters. The van der Waals surface area contributed by atoms with Crippen molar-refractivity contribution in [2.45, 2.75) is 50.3 Å². The van der Waals surface area contributed by atoms with E-state index in [1.165, 1.54) is 31.4 Å². The molecule has 26 heavy (non-hydrogen) atoms. The standard InChI is InChI=1S/C19H24O5S.K/c1-2-3-4-5-6-10-15-11-7-8-12-16(15)24-17-13-9-14-18(19(17)20)25(21,22)23;/h7-9,11-14,20H,2-6,10H2,1H3,(H,21,22,23);/q;+1/p-1. The van der Waals surface area contributed by atoms with Gasteiger partial charge in [0.15, 0.2) is 0 Å². The molecule has 2 aromatic rings. The number of hydrogen-bond acceptors (Lipinski definition) is 4. The van der Waals surface area contributed by atoms with E-state index >= 15 is 0 Å². The summed E-state index contributed by atoms with van der Waals surface area (Å²) >= 11 is 0. The van der Waals surface area contributed by atoms with Gasteiger partial charge in [0.2, 0.25) is 0 Å². The quantitative estimate of drug-likeness (QED) is 0.388. The van der Waals surface area contributed by atoms with Crippen molar-refractivity contribution in [1.82, 2.24) is 0 Å². The van der Waals surface area contributed by atoms with Gasteiger partial charge in [-0.3, -0.25) is 4.55 Å². The van der Waals surface area contributed by atoms with Gasteiger partial charge in [-0.15, -0.1) is 0 Å². The van der Waals surface area contributed by atoms with Gasteiger partial charge in [0, 0.05) is 0 Å². The van der Waals surface area contributed by atoms with Crippen molar-refractivity contribution in [2.75, 3.05) is 0 Å². The Balaban J connectivity index is 0.00000338. The maximum Gasteiger partial charge on any atom is 1.00 e. The van der Waals surface area contributed by atoms with Crippen molar-refractivity contribution >= 4 is 10.1 Å². The Morgan fingerprint density at radius 3 is 2.31 bits per heavy atom. The Hall–Kier alpha value is -0.414. The first kappa shape index (κ1) is 23.6. The first-order valence-corrected chi connectivity index (χ1v) is 9.90. The van der Waals surface area contributed by atoms with E-state index in [1.807, 2.05) is 12.1 Å². The van der Waals surface area contributed by atoms with Crippen LogP contribution in [0.1, 0.15) is 44.6 Å². The number of hydrogen-bond donors (Lipinski definition) is 1. The minimum Gasteiger partial charge on any atom is -0.869 e. The zero-order valence-corrected chi connectivity index (χ0v) is 19.2. The topological polar surface area (TPSA) is 86.7 Å². The number of rotatable bonds is 9. The number of benzene rings is 2. The van der Waals surface area contributed by atoms with Crippen LogP contribution >= 0.6 is 0 Å². The van der Waals surface area contributed by atoms with E-state index in [0.717, 1.165) is 30.9 Å². The Labute approximate surface area is 198 Å². The van der Waals surface area contributed by atoms with Gasteiger partial charge in [-0.1, -0.05) is 56.9 Å². The molecule has 0 saturated heterocycles. The molecule has 136 valence electrons. The molecular weight excluding hydrogens is 379 g/mol. The van der Waals surface area contributed by atoms with Crippen LogP contribution in [0.25, 0.3) is 0 Å². The van der Waals surface area contributed by atoms with E-state index in [2.05, 4.69) is 6.92 Å². The first-order chi connectivity index (χ1) is 11.9. The van der Waals surface area contributed by atoms with Crippen molar-refractivity contribution in [1.29, 1.82) is 0 Å². The van der Waals surface area contributed by atoms with Crippen LogP contribution in [0.3, 0.4) is 0 Å².